The van der Waals surface area contributed by atoms with Crippen LogP contribution >= 0.6 is 22.7 Å². The highest BCUT2D eigenvalue weighted by Gasteiger charge is 2.19. The van der Waals surface area contributed by atoms with Crippen LogP contribution in [-0.2, 0) is 0 Å². The average Bonchev–Trinajstić information content (AvgIpc) is 3.01. The molecule has 4 heteroatoms. The molecule has 2 aromatic heterocycles. The molecule has 0 saturated heterocycles. The Labute approximate surface area is 126 Å². The van der Waals surface area contributed by atoms with E-state index < -0.39 is 0 Å². The summed E-state index contributed by atoms with van der Waals surface area (Å²) in [6.07, 6.45) is 0.334. The second kappa shape index (κ2) is 5.26. The largest absolute Gasteiger partial charge is 0.489 e. The molecular weight excluding hydrogens is 288 g/mol. The third kappa shape index (κ3) is 2.27. The minimum absolute atomic E-state index is 0.167. The molecule has 0 radical (unpaired) electrons. The first-order valence-corrected chi connectivity index (χ1v) is 8.57. The highest BCUT2D eigenvalue weighted by atomic mass is 32.1. The van der Waals surface area contributed by atoms with Crippen molar-refractivity contribution in [3.63, 3.8) is 0 Å². The van der Waals surface area contributed by atoms with Gasteiger partial charge in [-0.2, -0.15) is 0 Å². The number of ether oxygens (including phenoxy) is 2. The van der Waals surface area contributed by atoms with Gasteiger partial charge in [0, 0.05) is 10.8 Å². The SMILES string of the molecule is CC(C)Oc1c2ccsc2c(OC(C)C)c2ccsc12. The first-order chi connectivity index (χ1) is 9.58. The molecule has 2 heterocycles. The van der Waals surface area contributed by atoms with Crippen molar-refractivity contribution < 1.29 is 9.47 Å². The maximum atomic E-state index is 6.08. The topological polar surface area (TPSA) is 18.5 Å². The molecule has 3 aromatic rings. The van der Waals surface area contributed by atoms with Crippen LogP contribution in [0, 0.1) is 0 Å². The molecule has 0 spiro atoms. The second-order valence-corrected chi connectivity index (χ2v) is 7.15. The lowest BCUT2D eigenvalue weighted by Crippen LogP contribution is -2.08. The molecule has 0 N–H and O–H groups in total. The van der Waals surface area contributed by atoms with E-state index in [-0.39, 0.29) is 12.2 Å². The Kier molecular flexibility index (Phi) is 3.61. The van der Waals surface area contributed by atoms with E-state index in [0.29, 0.717) is 0 Å². The maximum Gasteiger partial charge on any atom is 0.146 e. The molecule has 106 valence electrons. The van der Waals surface area contributed by atoms with E-state index in [1.54, 1.807) is 22.7 Å². The molecule has 0 aliphatic heterocycles. The molecule has 0 unspecified atom stereocenters. The molecule has 1 aromatic carbocycles. The lowest BCUT2D eigenvalue weighted by atomic mass is 10.1. The number of rotatable bonds is 4. The maximum absolute atomic E-state index is 6.08. The molecule has 2 nitrogen and oxygen atoms in total. The lowest BCUT2D eigenvalue weighted by Gasteiger charge is -2.16. The summed E-state index contributed by atoms with van der Waals surface area (Å²) in [5.41, 5.74) is 0. The van der Waals surface area contributed by atoms with Gasteiger partial charge in [-0.3, -0.25) is 0 Å². The Balaban J connectivity index is 2.33. The van der Waals surface area contributed by atoms with E-state index in [0.717, 1.165) is 22.3 Å². The van der Waals surface area contributed by atoms with Gasteiger partial charge in [-0.15, -0.1) is 22.7 Å². The van der Waals surface area contributed by atoms with E-state index in [9.17, 15) is 0 Å². The zero-order chi connectivity index (χ0) is 14.3. The fraction of sp³-hybridized carbons (Fsp3) is 0.375. The molecule has 0 aliphatic carbocycles. The highest BCUT2D eigenvalue weighted by Crippen LogP contribution is 2.47. The van der Waals surface area contributed by atoms with Gasteiger partial charge in [-0.25, -0.2) is 0 Å². The molecule has 0 atom stereocenters. The van der Waals surface area contributed by atoms with Gasteiger partial charge in [0.15, 0.2) is 0 Å². The van der Waals surface area contributed by atoms with Crippen molar-refractivity contribution in [1.82, 2.24) is 0 Å². The van der Waals surface area contributed by atoms with E-state index >= 15 is 0 Å². The van der Waals surface area contributed by atoms with Gasteiger partial charge < -0.3 is 9.47 Å². The minimum atomic E-state index is 0.167. The number of benzene rings is 1. The summed E-state index contributed by atoms with van der Waals surface area (Å²) in [6, 6.07) is 4.26. The Bertz CT molecular complexity index is 627. The first kappa shape index (κ1) is 13.7. The summed E-state index contributed by atoms with van der Waals surface area (Å²) < 4.78 is 14.5. The molecule has 3 rings (SSSR count). The predicted octanol–water partition coefficient (Wildman–Crippen LogP) is 5.69. The second-order valence-electron chi connectivity index (χ2n) is 5.32. The number of thiophene rings is 2. The van der Waals surface area contributed by atoms with Crippen LogP contribution in [0.15, 0.2) is 22.9 Å². The Morgan fingerprint density at radius 2 is 1.15 bits per heavy atom. The Hall–Kier alpha value is -1.26. The van der Waals surface area contributed by atoms with Crippen LogP contribution in [-0.4, -0.2) is 12.2 Å². The summed E-state index contributed by atoms with van der Waals surface area (Å²) in [5, 5.41) is 6.53. The molecule has 0 aliphatic rings. The number of hydrogen-bond acceptors (Lipinski definition) is 4. The third-order valence-corrected chi connectivity index (χ3v) is 4.77. The minimum Gasteiger partial charge on any atom is -0.489 e. The van der Waals surface area contributed by atoms with Crippen molar-refractivity contribution in [2.75, 3.05) is 0 Å². The fourth-order valence-electron chi connectivity index (χ4n) is 2.28. The lowest BCUT2D eigenvalue weighted by molar-refractivity contribution is 0.244. The molecule has 20 heavy (non-hydrogen) atoms. The van der Waals surface area contributed by atoms with Crippen LogP contribution in [0.4, 0.5) is 0 Å². The quantitative estimate of drug-likeness (QED) is 0.616. The van der Waals surface area contributed by atoms with Crippen molar-refractivity contribution in [1.29, 1.82) is 0 Å². The van der Waals surface area contributed by atoms with Crippen LogP contribution in [0.3, 0.4) is 0 Å². The summed E-state index contributed by atoms with van der Waals surface area (Å²) in [7, 11) is 0. The van der Waals surface area contributed by atoms with Gasteiger partial charge in [0.2, 0.25) is 0 Å². The van der Waals surface area contributed by atoms with Gasteiger partial charge in [-0.05, 0) is 50.6 Å². The zero-order valence-electron chi connectivity index (χ0n) is 12.1. The van der Waals surface area contributed by atoms with Crippen molar-refractivity contribution in [3.05, 3.63) is 22.9 Å². The molecule has 0 fully saturated rings. The van der Waals surface area contributed by atoms with Crippen molar-refractivity contribution in [2.24, 2.45) is 0 Å². The van der Waals surface area contributed by atoms with Gasteiger partial charge in [0.1, 0.15) is 11.5 Å². The Morgan fingerprint density at radius 3 is 1.50 bits per heavy atom. The smallest absolute Gasteiger partial charge is 0.146 e. The van der Waals surface area contributed by atoms with E-state index in [4.69, 9.17) is 9.47 Å². The predicted molar refractivity (Wildman–Crippen MR) is 88.7 cm³/mol. The van der Waals surface area contributed by atoms with Crippen molar-refractivity contribution >= 4 is 42.8 Å². The van der Waals surface area contributed by atoms with Gasteiger partial charge in [0.05, 0.1) is 21.6 Å². The molecular formula is C16H18O2S2. The summed E-state index contributed by atoms with van der Waals surface area (Å²) in [4.78, 5) is 0. The van der Waals surface area contributed by atoms with Gasteiger partial charge >= 0.3 is 0 Å². The number of hydrogen-bond donors (Lipinski definition) is 0. The highest BCUT2D eigenvalue weighted by molar-refractivity contribution is 7.19. The zero-order valence-corrected chi connectivity index (χ0v) is 13.7. The monoisotopic (exact) mass is 306 g/mol. The number of fused-ring (bicyclic) bond motifs is 2. The third-order valence-electron chi connectivity index (χ3n) is 2.94. The van der Waals surface area contributed by atoms with Crippen molar-refractivity contribution in [3.8, 4) is 11.5 Å². The Morgan fingerprint density at radius 1 is 0.750 bits per heavy atom. The molecule has 0 bridgehead atoms. The molecule has 0 amide bonds. The van der Waals surface area contributed by atoms with Crippen LogP contribution in [0.25, 0.3) is 20.2 Å². The summed E-state index contributed by atoms with van der Waals surface area (Å²) >= 11 is 3.43. The van der Waals surface area contributed by atoms with Crippen LogP contribution in [0.5, 0.6) is 11.5 Å². The first-order valence-electron chi connectivity index (χ1n) is 6.81. The molecule has 0 saturated carbocycles. The van der Waals surface area contributed by atoms with Gasteiger partial charge in [0.25, 0.3) is 0 Å². The van der Waals surface area contributed by atoms with E-state index in [1.165, 1.54) is 9.40 Å². The van der Waals surface area contributed by atoms with Crippen LogP contribution in [0.1, 0.15) is 27.7 Å². The summed E-state index contributed by atoms with van der Waals surface area (Å²) in [6.45, 7) is 8.26. The van der Waals surface area contributed by atoms with E-state index in [1.807, 2.05) is 0 Å². The van der Waals surface area contributed by atoms with Crippen LogP contribution < -0.4 is 9.47 Å². The van der Waals surface area contributed by atoms with Crippen LogP contribution in [0.2, 0.25) is 0 Å². The van der Waals surface area contributed by atoms with E-state index in [2.05, 4.69) is 50.6 Å². The normalized spacial score (nSPS) is 11.9. The average molecular weight is 306 g/mol. The van der Waals surface area contributed by atoms with Crippen molar-refractivity contribution in [2.45, 2.75) is 39.9 Å². The van der Waals surface area contributed by atoms with Gasteiger partial charge in [-0.1, -0.05) is 0 Å². The fourth-order valence-corrected chi connectivity index (χ4v) is 4.06. The standard InChI is InChI=1S/C16H18O2S2/c1-9(2)17-13-11-5-7-20-16(11)14(18-10(3)4)12-6-8-19-15(12)13/h5-10H,1-4H3. The summed E-state index contributed by atoms with van der Waals surface area (Å²) in [5.74, 6) is 2.00.